The summed E-state index contributed by atoms with van der Waals surface area (Å²) in [5.74, 6) is 0.674. The Morgan fingerprint density at radius 2 is 2.21 bits per heavy atom. The number of rotatable bonds is 3. The van der Waals surface area contributed by atoms with Gasteiger partial charge in [0.1, 0.15) is 11.8 Å². The third kappa shape index (κ3) is 2.45. The number of fused-ring (bicyclic) bond motifs is 1. The number of carboxylic acids is 1. The van der Waals surface area contributed by atoms with E-state index in [2.05, 4.69) is 11.0 Å². The summed E-state index contributed by atoms with van der Waals surface area (Å²) in [6.07, 6.45) is 2.74. The van der Waals surface area contributed by atoms with E-state index in [1.54, 1.807) is 0 Å². The van der Waals surface area contributed by atoms with Gasteiger partial charge in [0.15, 0.2) is 0 Å². The largest absolute Gasteiger partial charge is 0.493 e. The van der Waals surface area contributed by atoms with Crippen LogP contribution in [0, 0.1) is 0 Å². The molecular weight excluding hydrogens is 242 g/mol. The monoisotopic (exact) mass is 261 g/mol. The van der Waals surface area contributed by atoms with Crippen molar-refractivity contribution in [2.75, 3.05) is 19.7 Å². The molecule has 1 aromatic carbocycles. The van der Waals surface area contributed by atoms with Gasteiger partial charge in [0.2, 0.25) is 0 Å². The van der Waals surface area contributed by atoms with E-state index in [1.165, 1.54) is 5.56 Å². The highest BCUT2D eigenvalue weighted by Crippen LogP contribution is 2.35. The first-order valence-corrected chi connectivity index (χ1v) is 6.94. The van der Waals surface area contributed by atoms with Crippen molar-refractivity contribution in [2.24, 2.45) is 0 Å². The quantitative estimate of drug-likeness (QED) is 0.905. The van der Waals surface area contributed by atoms with Crippen LogP contribution in [0.2, 0.25) is 0 Å². The van der Waals surface area contributed by atoms with Crippen molar-refractivity contribution in [3.8, 4) is 5.75 Å². The van der Waals surface area contributed by atoms with Crippen molar-refractivity contribution in [2.45, 2.75) is 31.2 Å². The van der Waals surface area contributed by atoms with Gasteiger partial charge in [0.25, 0.3) is 0 Å². The lowest BCUT2D eigenvalue weighted by Gasteiger charge is -2.31. The van der Waals surface area contributed by atoms with Gasteiger partial charge in [-0.1, -0.05) is 18.2 Å². The standard InChI is InChI=1S/C15H19NO3/c17-15(18)13-5-3-8-16(13)10-11-7-9-19-14-6-2-1-4-12(11)14/h1-2,4,6,11,13H,3,5,7-10H2,(H,17,18). The van der Waals surface area contributed by atoms with Crippen LogP contribution in [-0.2, 0) is 4.79 Å². The number of hydrogen-bond donors (Lipinski definition) is 1. The molecule has 0 aromatic heterocycles. The van der Waals surface area contributed by atoms with Crippen LogP contribution < -0.4 is 4.74 Å². The molecule has 0 aliphatic carbocycles. The molecule has 1 fully saturated rings. The number of nitrogens with zero attached hydrogens (tertiary/aromatic N) is 1. The van der Waals surface area contributed by atoms with Crippen LogP contribution in [0.3, 0.4) is 0 Å². The van der Waals surface area contributed by atoms with Crippen LogP contribution in [0.25, 0.3) is 0 Å². The number of ether oxygens (including phenoxy) is 1. The van der Waals surface area contributed by atoms with Crippen molar-refractivity contribution in [1.82, 2.24) is 4.90 Å². The van der Waals surface area contributed by atoms with Crippen LogP contribution in [0.15, 0.2) is 24.3 Å². The summed E-state index contributed by atoms with van der Waals surface area (Å²) in [6, 6.07) is 7.82. The molecule has 0 spiro atoms. The van der Waals surface area contributed by atoms with Gasteiger partial charge >= 0.3 is 5.97 Å². The van der Waals surface area contributed by atoms with E-state index in [-0.39, 0.29) is 6.04 Å². The minimum absolute atomic E-state index is 0.296. The highest BCUT2D eigenvalue weighted by Gasteiger charge is 2.33. The van der Waals surface area contributed by atoms with Crippen molar-refractivity contribution in [3.63, 3.8) is 0 Å². The molecule has 2 atom stereocenters. The maximum absolute atomic E-state index is 11.2. The van der Waals surface area contributed by atoms with Crippen molar-refractivity contribution in [3.05, 3.63) is 29.8 Å². The Labute approximate surface area is 113 Å². The lowest BCUT2D eigenvalue weighted by Crippen LogP contribution is -2.39. The number of hydrogen-bond acceptors (Lipinski definition) is 3. The topological polar surface area (TPSA) is 49.8 Å². The molecule has 2 heterocycles. The molecule has 1 saturated heterocycles. The lowest BCUT2D eigenvalue weighted by atomic mass is 9.92. The predicted octanol–water partition coefficient (Wildman–Crippen LogP) is 2.10. The minimum Gasteiger partial charge on any atom is -0.493 e. The van der Waals surface area contributed by atoms with Crippen molar-refractivity contribution in [1.29, 1.82) is 0 Å². The van der Waals surface area contributed by atoms with Crippen LogP contribution >= 0.6 is 0 Å². The highest BCUT2D eigenvalue weighted by molar-refractivity contribution is 5.73. The van der Waals surface area contributed by atoms with Gasteiger partial charge in [-0.05, 0) is 37.4 Å². The summed E-state index contributed by atoms with van der Waals surface area (Å²) in [5.41, 5.74) is 1.23. The molecule has 2 aliphatic rings. The van der Waals surface area contributed by atoms with Gasteiger partial charge in [-0.15, -0.1) is 0 Å². The highest BCUT2D eigenvalue weighted by atomic mass is 16.5. The molecule has 1 N–H and O–H groups in total. The van der Waals surface area contributed by atoms with Gasteiger partial charge in [0.05, 0.1) is 6.61 Å². The fraction of sp³-hybridized carbons (Fsp3) is 0.533. The van der Waals surface area contributed by atoms with Crippen molar-refractivity contribution >= 4 is 5.97 Å². The summed E-state index contributed by atoms with van der Waals surface area (Å²) in [5, 5.41) is 9.24. The number of carboxylic acid groups (broad SMARTS) is 1. The maximum Gasteiger partial charge on any atom is 0.320 e. The van der Waals surface area contributed by atoms with E-state index in [1.807, 2.05) is 18.2 Å². The predicted molar refractivity (Wildman–Crippen MR) is 71.5 cm³/mol. The number of carbonyl (C=O) groups is 1. The zero-order chi connectivity index (χ0) is 13.2. The first-order valence-electron chi connectivity index (χ1n) is 6.94. The summed E-state index contributed by atoms with van der Waals surface area (Å²) in [4.78, 5) is 13.4. The lowest BCUT2D eigenvalue weighted by molar-refractivity contribution is -0.142. The maximum atomic E-state index is 11.2. The Hall–Kier alpha value is -1.55. The van der Waals surface area contributed by atoms with E-state index in [0.717, 1.165) is 44.7 Å². The third-order valence-electron chi connectivity index (χ3n) is 4.19. The van der Waals surface area contributed by atoms with E-state index in [9.17, 15) is 9.90 Å². The molecule has 3 rings (SSSR count). The number of para-hydroxylation sites is 1. The summed E-state index contributed by atoms with van der Waals surface area (Å²) in [6.45, 7) is 2.46. The second-order valence-electron chi connectivity index (χ2n) is 5.36. The minimum atomic E-state index is -0.683. The molecule has 19 heavy (non-hydrogen) atoms. The van der Waals surface area contributed by atoms with E-state index < -0.39 is 5.97 Å². The first-order chi connectivity index (χ1) is 9.25. The molecule has 0 amide bonds. The Morgan fingerprint density at radius 1 is 1.37 bits per heavy atom. The van der Waals surface area contributed by atoms with Gasteiger partial charge in [-0.3, -0.25) is 9.69 Å². The van der Waals surface area contributed by atoms with Gasteiger partial charge in [0, 0.05) is 12.5 Å². The Morgan fingerprint density at radius 3 is 3.05 bits per heavy atom. The number of aliphatic carboxylic acids is 1. The molecule has 102 valence electrons. The van der Waals surface area contributed by atoms with E-state index >= 15 is 0 Å². The Bertz CT molecular complexity index is 474. The molecule has 0 bridgehead atoms. The van der Waals surface area contributed by atoms with E-state index in [4.69, 9.17) is 4.74 Å². The molecular formula is C15H19NO3. The number of likely N-dealkylation sites (tertiary alicyclic amines) is 1. The molecule has 0 radical (unpaired) electrons. The second-order valence-corrected chi connectivity index (χ2v) is 5.36. The van der Waals surface area contributed by atoms with Gasteiger partial charge in [-0.2, -0.15) is 0 Å². The number of benzene rings is 1. The third-order valence-corrected chi connectivity index (χ3v) is 4.19. The summed E-state index contributed by atoms with van der Waals surface area (Å²) in [7, 11) is 0. The molecule has 4 heteroatoms. The van der Waals surface area contributed by atoms with Gasteiger partial charge < -0.3 is 9.84 Å². The molecule has 2 aliphatic heterocycles. The second kappa shape index (κ2) is 5.21. The zero-order valence-electron chi connectivity index (χ0n) is 10.9. The SMILES string of the molecule is O=C(O)C1CCCN1CC1CCOc2ccccc21. The average Bonchev–Trinajstić information content (AvgIpc) is 2.87. The molecule has 4 nitrogen and oxygen atoms in total. The van der Waals surface area contributed by atoms with Gasteiger partial charge in [-0.25, -0.2) is 0 Å². The zero-order valence-corrected chi connectivity index (χ0v) is 10.9. The molecule has 1 aromatic rings. The molecule has 0 saturated carbocycles. The van der Waals surface area contributed by atoms with Crippen LogP contribution in [0.1, 0.15) is 30.7 Å². The smallest absolute Gasteiger partial charge is 0.320 e. The normalized spacial score (nSPS) is 26.7. The Balaban J connectivity index is 1.76. The van der Waals surface area contributed by atoms with E-state index in [0.29, 0.717) is 5.92 Å². The Kier molecular flexibility index (Phi) is 3.42. The average molecular weight is 261 g/mol. The summed E-state index contributed by atoms with van der Waals surface area (Å²) >= 11 is 0. The van der Waals surface area contributed by atoms with Crippen LogP contribution in [-0.4, -0.2) is 41.7 Å². The first kappa shape index (κ1) is 12.5. The summed E-state index contributed by atoms with van der Waals surface area (Å²) < 4.78 is 5.66. The fourth-order valence-corrected chi connectivity index (χ4v) is 3.21. The van der Waals surface area contributed by atoms with Crippen LogP contribution in [0.5, 0.6) is 5.75 Å². The fourth-order valence-electron chi connectivity index (χ4n) is 3.21. The van der Waals surface area contributed by atoms with Crippen molar-refractivity contribution < 1.29 is 14.6 Å². The molecule has 2 unspecified atom stereocenters. The van der Waals surface area contributed by atoms with Crippen LogP contribution in [0.4, 0.5) is 0 Å².